The number of nitrogens with one attached hydrogen (secondary N) is 1. The number of benzene rings is 1. The first kappa shape index (κ1) is 20.2. The Morgan fingerprint density at radius 2 is 2.03 bits per heavy atom. The van der Waals surface area contributed by atoms with Gasteiger partial charge in [0.05, 0.1) is 25.2 Å². The lowest BCUT2D eigenvalue weighted by molar-refractivity contribution is 0.0944. The van der Waals surface area contributed by atoms with Crippen LogP contribution in [0.4, 0.5) is 0 Å². The Bertz CT molecular complexity index is 1250. The lowest BCUT2D eigenvalue weighted by Gasteiger charge is -2.09. The summed E-state index contributed by atoms with van der Waals surface area (Å²) in [6, 6.07) is 8.00. The second-order valence-corrected chi connectivity index (χ2v) is 7.84. The quantitative estimate of drug-likeness (QED) is 0.504. The summed E-state index contributed by atoms with van der Waals surface area (Å²) in [5.41, 5.74) is 3.16. The molecule has 0 saturated carbocycles. The first-order chi connectivity index (χ1) is 15.7. The van der Waals surface area contributed by atoms with Gasteiger partial charge in [0.25, 0.3) is 5.91 Å². The number of ether oxygens (including phenoxy) is 1. The minimum absolute atomic E-state index is 0.197. The summed E-state index contributed by atoms with van der Waals surface area (Å²) in [5, 5.41) is 7.63. The van der Waals surface area contributed by atoms with E-state index in [9.17, 15) is 4.79 Å². The number of hydrogen-bond donors (Lipinski definition) is 1. The van der Waals surface area contributed by atoms with Gasteiger partial charge in [0.2, 0.25) is 5.78 Å². The third kappa shape index (κ3) is 3.70. The molecule has 0 saturated heterocycles. The molecular formula is C23H25N7O2. The van der Waals surface area contributed by atoms with Crippen LogP contribution in [0.1, 0.15) is 47.3 Å². The van der Waals surface area contributed by atoms with Gasteiger partial charge in [-0.1, -0.05) is 31.2 Å². The van der Waals surface area contributed by atoms with Crippen LogP contribution in [0.3, 0.4) is 0 Å². The number of fused-ring (bicyclic) bond motifs is 2. The molecule has 4 aromatic rings. The van der Waals surface area contributed by atoms with Crippen LogP contribution in [0.5, 0.6) is 5.75 Å². The van der Waals surface area contributed by atoms with E-state index in [1.54, 1.807) is 23.9 Å². The number of amides is 1. The Morgan fingerprint density at radius 3 is 2.78 bits per heavy atom. The highest BCUT2D eigenvalue weighted by atomic mass is 16.5. The van der Waals surface area contributed by atoms with Crippen LogP contribution in [0.25, 0.3) is 17.2 Å². The van der Waals surface area contributed by atoms with Gasteiger partial charge in [-0.05, 0) is 24.8 Å². The molecule has 0 unspecified atom stereocenters. The maximum Gasteiger partial charge on any atom is 0.270 e. The van der Waals surface area contributed by atoms with E-state index in [0.717, 1.165) is 42.2 Å². The molecule has 4 heterocycles. The standard InChI is InChI=1S/C23H25N7O2/c1-3-18-20(29-14-17(32-2)13-25-23(29)26-18)22(31)24-12-15-7-9-16(10-8-15)21-27-19-6-4-5-11-30(19)28-21/h7-10,13-14H,3-6,11-12H2,1-2H3,(H,24,31). The zero-order valence-electron chi connectivity index (χ0n) is 18.2. The fourth-order valence-electron chi connectivity index (χ4n) is 4.00. The molecule has 9 heteroatoms. The number of aryl methyl sites for hydroxylation is 3. The van der Waals surface area contributed by atoms with E-state index in [-0.39, 0.29) is 5.91 Å². The lowest BCUT2D eigenvalue weighted by atomic mass is 10.1. The van der Waals surface area contributed by atoms with Gasteiger partial charge in [-0.15, -0.1) is 0 Å². The van der Waals surface area contributed by atoms with Crippen LogP contribution in [0.2, 0.25) is 0 Å². The van der Waals surface area contributed by atoms with E-state index in [4.69, 9.17) is 4.74 Å². The molecule has 164 valence electrons. The van der Waals surface area contributed by atoms with Crippen LogP contribution in [-0.4, -0.2) is 42.2 Å². The van der Waals surface area contributed by atoms with Crippen LogP contribution in [0.15, 0.2) is 36.7 Å². The third-order valence-electron chi connectivity index (χ3n) is 5.75. The smallest absolute Gasteiger partial charge is 0.270 e. The molecule has 1 aromatic carbocycles. The fraction of sp³-hybridized carbons (Fsp3) is 0.348. The highest BCUT2D eigenvalue weighted by Gasteiger charge is 2.19. The number of hydrogen-bond acceptors (Lipinski definition) is 6. The molecule has 0 fully saturated rings. The number of nitrogens with zero attached hydrogens (tertiary/aromatic N) is 6. The normalized spacial score (nSPS) is 13.2. The fourth-order valence-corrected chi connectivity index (χ4v) is 4.00. The van der Waals surface area contributed by atoms with Gasteiger partial charge in [0, 0.05) is 25.1 Å². The second kappa shape index (κ2) is 8.41. The molecule has 1 amide bonds. The van der Waals surface area contributed by atoms with E-state index in [0.29, 0.717) is 35.9 Å². The Kier molecular flexibility index (Phi) is 5.30. The van der Waals surface area contributed by atoms with E-state index >= 15 is 0 Å². The van der Waals surface area contributed by atoms with Crippen LogP contribution >= 0.6 is 0 Å². The van der Waals surface area contributed by atoms with Gasteiger partial charge < -0.3 is 10.1 Å². The van der Waals surface area contributed by atoms with Gasteiger partial charge in [-0.3, -0.25) is 9.20 Å². The minimum atomic E-state index is -0.197. The number of carbonyl (C=O) groups is 1. The zero-order valence-corrected chi connectivity index (χ0v) is 18.2. The van der Waals surface area contributed by atoms with Crippen molar-refractivity contribution in [3.05, 3.63) is 59.4 Å². The average molecular weight is 432 g/mol. The number of imidazole rings is 1. The molecule has 1 aliphatic rings. The Balaban J connectivity index is 1.32. The molecule has 3 aromatic heterocycles. The zero-order chi connectivity index (χ0) is 22.1. The molecule has 32 heavy (non-hydrogen) atoms. The summed E-state index contributed by atoms with van der Waals surface area (Å²) >= 11 is 0. The molecule has 1 aliphatic heterocycles. The van der Waals surface area contributed by atoms with Gasteiger partial charge in [0.15, 0.2) is 11.6 Å². The Labute approximate surface area is 185 Å². The van der Waals surface area contributed by atoms with Crippen molar-refractivity contribution in [2.24, 2.45) is 0 Å². The second-order valence-electron chi connectivity index (χ2n) is 7.84. The van der Waals surface area contributed by atoms with E-state index in [1.165, 1.54) is 6.42 Å². The molecule has 9 nitrogen and oxygen atoms in total. The number of carbonyl (C=O) groups excluding carboxylic acids is 1. The number of methoxy groups -OCH3 is 1. The molecule has 0 radical (unpaired) electrons. The van der Waals surface area contributed by atoms with Crippen LogP contribution < -0.4 is 10.1 Å². The molecule has 1 N–H and O–H groups in total. The first-order valence-electron chi connectivity index (χ1n) is 10.9. The van der Waals surface area contributed by atoms with Gasteiger partial charge in [0.1, 0.15) is 11.5 Å². The summed E-state index contributed by atoms with van der Waals surface area (Å²) in [5.74, 6) is 2.67. The summed E-state index contributed by atoms with van der Waals surface area (Å²) in [4.78, 5) is 26.4. The lowest BCUT2D eigenvalue weighted by Crippen LogP contribution is -2.25. The maximum atomic E-state index is 13.0. The topological polar surface area (TPSA) is 99.2 Å². The predicted octanol–water partition coefficient (Wildman–Crippen LogP) is 2.83. The van der Waals surface area contributed by atoms with Crippen molar-refractivity contribution in [2.45, 2.75) is 45.7 Å². The van der Waals surface area contributed by atoms with Crippen molar-refractivity contribution in [3.8, 4) is 17.1 Å². The molecule has 0 aliphatic carbocycles. The average Bonchev–Trinajstić information content (AvgIpc) is 3.43. The molecule has 5 rings (SSSR count). The summed E-state index contributed by atoms with van der Waals surface area (Å²) < 4.78 is 8.94. The number of aromatic nitrogens is 6. The van der Waals surface area contributed by atoms with Crippen LogP contribution in [-0.2, 0) is 25.9 Å². The predicted molar refractivity (Wildman–Crippen MR) is 118 cm³/mol. The van der Waals surface area contributed by atoms with Crippen molar-refractivity contribution in [1.82, 2.24) is 34.4 Å². The summed E-state index contributed by atoms with van der Waals surface area (Å²) in [6.07, 6.45) is 7.27. The minimum Gasteiger partial charge on any atom is -0.494 e. The SMILES string of the molecule is CCc1nc2ncc(OC)cn2c1C(=O)NCc1ccc(-c2nc3n(n2)CCCC3)cc1. The highest BCUT2D eigenvalue weighted by Crippen LogP contribution is 2.20. The molecule has 0 atom stereocenters. The largest absolute Gasteiger partial charge is 0.494 e. The van der Waals surface area contributed by atoms with Gasteiger partial charge in [-0.25, -0.2) is 19.6 Å². The maximum absolute atomic E-state index is 13.0. The molecule has 0 spiro atoms. The van der Waals surface area contributed by atoms with Crippen molar-refractivity contribution in [1.29, 1.82) is 0 Å². The van der Waals surface area contributed by atoms with E-state index in [2.05, 4.69) is 25.4 Å². The van der Waals surface area contributed by atoms with E-state index < -0.39 is 0 Å². The molecule has 0 bridgehead atoms. The Hall–Kier alpha value is -3.75. The molecular weight excluding hydrogens is 406 g/mol. The van der Waals surface area contributed by atoms with Crippen molar-refractivity contribution in [2.75, 3.05) is 7.11 Å². The van der Waals surface area contributed by atoms with Gasteiger partial charge in [-0.2, -0.15) is 5.10 Å². The third-order valence-corrected chi connectivity index (χ3v) is 5.75. The van der Waals surface area contributed by atoms with Crippen LogP contribution in [0, 0.1) is 0 Å². The van der Waals surface area contributed by atoms with E-state index in [1.807, 2.05) is 35.9 Å². The monoisotopic (exact) mass is 431 g/mol. The Morgan fingerprint density at radius 1 is 1.19 bits per heavy atom. The summed E-state index contributed by atoms with van der Waals surface area (Å²) in [6.45, 7) is 3.31. The summed E-state index contributed by atoms with van der Waals surface area (Å²) in [7, 11) is 1.57. The van der Waals surface area contributed by atoms with Gasteiger partial charge >= 0.3 is 0 Å². The van der Waals surface area contributed by atoms with Crippen molar-refractivity contribution >= 4 is 11.7 Å². The van der Waals surface area contributed by atoms with Crippen molar-refractivity contribution < 1.29 is 9.53 Å². The first-order valence-corrected chi connectivity index (χ1v) is 10.9. The van der Waals surface area contributed by atoms with Crippen molar-refractivity contribution in [3.63, 3.8) is 0 Å². The number of rotatable bonds is 6. The highest BCUT2D eigenvalue weighted by molar-refractivity contribution is 5.94.